The Balaban J connectivity index is 2.05. The molecule has 8 heteroatoms. The van der Waals surface area contributed by atoms with Crippen molar-refractivity contribution in [3.63, 3.8) is 0 Å². The third-order valence-corrected chi connectivity index (χ3v) is 4.15. The summed E-state index contributed by atoms with van der Waals surface area (Å²) in [7, 11) is 0. The van der Waals surface area contributed by atoms with Crippen LogP contribution in [0.15, 0.2) is 27.2 Å². The van der Waals surface area contributed by atoms with Gasteiger partial charge in [0.15, 0.2) is 0 Å². The Morgan fingerprint density at radius 1 is 1.33 bits per heavy atom. The van der Waals surface area contributed by atoms with Gasteiger partial charge in [-0.05, 0) is 31.0 Å². The number of hydrogen-bond donors (Lipinski definition) is 1. The van der Waals surface area contributed by atoms with Crippen molar-refractivity contribution in [1.29, 1.82) is 0 Å². The number of nitrogens with two attached hydrogens (primary N) is 1. The molecule has 0 amide bonds. The zero-order valence-electron chi connectivity index (χ0n) is 10.7. The lowest BCUT2D eigenvalue weighted by molar-refractivity contribution is -0.137. The van der Waals surface area contributed by atoms with Crippen molar-refractivity contribution >= 4 is 15.9 Å². The van der Waals surface area contributed by atoms with Crippen molar-refractivity contribution in [2.75, 3.05) is 6.54 Å². The van der Waals surface area contributed by atoms with Gasteiger partial charge in [0, 0.05) is 16.6 Å². The lowest BCUT2D eigenvalue weighted by Gasteiger charge is -2.10. The number of rotatable bonds is 3. The lowest BCUT2D eigenvalue weighted by Crippen LogP contribution is -2.20. The minimum Gasteiger partial charge on any atom is -0.338 e. The van der Waals surface area contributed by atoms with E-state index in [4.69, 9.17) is 10.3 Å². The molecular weight excluding hydrogens is 351 g/mol. The van der Waals surface area contributed by atoms with Gasteiger partial charge < -0.3 is 10.3 Å². The van der Waals surface area contributed by atoms with E-state index in [-0.39, 0.29) is 16.8 Å². The van der Waals surface area contributed by atoms with Crippen LogP contribution in [0.1, 0.15) is 24.3 Å². The van der Waals surface area contributed by atoms with Crippen LogP contribution in [0.4, 0.5) is 13.2 Å². The summed E-state index contributed by atoms with van der Waals surface area (Å²) in [5, 5.41) is 3.69. The predicted molar refractivity (Wildman–Crippen MR) is 72.4 cm³/mol. The normalized spacial score (nSPS) is 17.0. The molecule has 1 aromatic carbocycles. The number of hydrogen-bond acceptors (Lipinski definition) is 4. The summed E-state index contributed by atoms with van der Waals surface area (Å²) in [6.45, 7) is 0.348. The monoisotopic (exact) mass is 361 g/mol. The zero-order valence-corrected chi connectivity index (χ0v) is 12.3. The molecule has 0 aliphatic heterocycles. The molecule has 0 saturated heterocycles. The van der Waals surface area contributed by atoms with Crippen LogP contribution in [0.3, 0.4) is 0 Å². The van der Waals surface area contributed by atoms with E-state index >= 15 is 0 Å². The highest BCUT2D eigenvalue weighted by molar-refractivity contribution is 9.10. The molecule has 0 atom stereocenters. The van der Waals surface area contributed by atoms with E-state index in [1.165, 1.54) is 12.1 Å². The molecule has 1 fully saturated rings. The number of nitrogens with zero attached hydrogens (tertiary/aromatic N) is 2. The highest BCUT2D eigenvalue weighted by Gasteiger charge is 2.48. The molecule has 21 heavy (non-hydrogen) atoms. The fourth-order valence-electron chi connectivity index (χ4n) is 2.15. The summed E-state index contributed by atoms with van der Waals surface area (Å²) in [5.74, 6) is 0.251. The molecule has 112 valence electrons. The SMILES string of the molecule is NCC1(c2nc(-c3ccc(Br)cc3C(F)(F)F)no2)CC1. The van der Waals surface area contributed by atoms with Crippen molar-refractivity contribution < 1.29 is 17.7 Å². The number of alkyl halides is 3. The predicted octanol–water partition coefficient (Wildman–Crippen LogP) is 3.51. The van der Waals surface area contributed by atoms with Crippen LogP contribution in [0.2, 0.25) is 0 Å². The Morgan fingerprint density at radius 3 is 2.62 bits per heavy atom. The molecule has 0 radical (unpaired) electrons. The smallest absolute Gasteiger partial charge is 0.338 e. The first-order valence-electron chi connectivity index (χ1n) is 6.27. The van der Waals surface area contributed by atoms with Gasteiger partial charge in [-0.2, -0.15) is 18.2 Å². The Labute approximate surface area is 126 Å². The average Bonchev–Trinajstić information content (AvgIpc) is 3.08. The quantitative estimate of drug-likeness (QED) is 0.908. The van der Waals surface area contributed by atoms with E-state index in [2.05, 4.69) is 26.1 Å². The van der Waals surface area contributed by atoms with Crippen LogP contribution >= 0.6 is 15.9 Å². The number of benzene rings is 1. The Hall–Kier alpha value is -1.41. The van der Waals surface area contributed by atoms with Crippen LogP contribution in [0.5, 0.6) is 0 Å². The average molecular weight is 362 g/mol. The molecule has 4 nitrogen and oxygen atoms in total. The molecule has 1 aliphatic carbocycles. The van der Waals surface area contributed by atoms with Gasteiger partial charge in [0.1, 0.15) is 0 Å². The minimum atomic E-state index is -4.49. The van der Waals surface area contributed by atoms with Crippen LogP contribution < -0.4 is 5.73 Å². The van der Waals surface area contributed by atoms with E-state index in [1.54, 1.807) is 0 Å². The number of aromatic nitrogens is 2. The van der Waals surface area contributed by atoms with E-state index < -0.39 is 11.7 Å². The van der Waals surface area contributed by atoms with E-state index in [0.29, 0.717) is 16.9 Å². The molecular formula is C13H11BrF3N3O. The minimum absolute atomic E-state index is 0.0652. The summed E-state index contributed by atoms with van der Waals surface area (Å²) < 4.78 is 44.8. The van der Waals surface area contributed by atoms with Gasteiger partial charge in [-0.25, -0.2) is 0 Å². The molecule has 3 rings (SSSR count). The molecule has 1 aliphatic rings. The zero-order chi connectivity index (χ0) is 15.3. The van der Waals surface area contributed by atoms with Gasteiger partial charge in [-0.15, -0.1) is 0 Å². The second-order valence-corrected chi connectivity index (χ2v) is 6.01. The first-order chi connectivity index (χ1) is 9.86. The van der Waals surface area contributed by atoms with Gasteiger partial charge in [-0.1, -0.05) is 21.1 Å². The van der Waals surface area contributed by atoms with Crippen molar-refractivity contribution in [3.05, 3.63) is 34.1 Å². The second-order valence-electron chi connectivity index (χ2n) is 5.10. The van der Waals surface area contributed by atoms with E-state index in [9.17, 15) is 13.2 Å². The molecule has 1 heterocycles. The maximum absolute atomic E-state index is 13.1. The molecule has 2 N–H and O–H groups in total. The van der Waals surface area contributed by atoms with Crippen LogP contribution in [-0.2, 0) is 11.6 Å². The largest absolute Gasteiger partial charge is 0.417 e. The van der Waals surface area contributed by atoms with Gasteiger partial charge in [0.05, 0.1) is 11.0 Å². The summed E-state index contributed by atoms with van der Waals surface area (Å²) in [4.78, 5) is 4.12. The molecule has 2 aromatic rings. The number of halogens is 4. The standard InChI is InChI=1S/C13H11BrF3N3O/c14-7-1-2-8(9(5-7)13(15,16)17)10-19-11(21-20-10)12(6-18)3-4-12/h1-2,5H,3-4,6,18H2. The van der Waals surface area contributed by atoms with Gasteiger partial charge in [0.25, 0.3) is 0 Å². The fourth-order valence-corrected chi connectivity index (χ4v) is 2.51. The second kappa shape index (κ2) is 4.81. The highest BCUT2D eigenvalue weighted by Crippen LogP contribution is 2.47. The van der Waals surface area contributed by atoms with E-state index in [0.717, 1.165) is 18.9 Å². The maximum atomic E-state index is 13.1. The first kappa shape index (κ1) is 14.5. The van der Waals surface area contributed by atoms with Crippen molar-refractivity contribution in [2.24, 2.45) is 5.73 Å². The molecule has 0 bridgehead atoms. The lowest BCUT2D eigenvalue weighted by atomic mass is 10.1. The highest BCUT2D eigenvalue weighted by atomic mass is 79.9. The van der Waals surface area contributed by atoms with Crippen molar-refractivity contribution in [1.82, 2.24) is 10.1 Å². The molecule has 1 saturated carbocycles. The van der Waals surface area contributed by atoms with E-state index in [1.807, 2.05) is 0 Å². The van der Waals surface area contributed by atoms with Gasteiger partial charge >= 0.3 is 6.18 Å². The van der Waals surface area contributed by atoms with Crippen molar-refractivity contribution in [3.8, 4) is 11.4 Å². The first-order valence-corrected chi connectivity index (χ1v) is 7.06. The third-order valence-electron chi connectivity index (χ3n) is 3.65. The summed E-state index contributed by atoms with van der Waals surface area (Å²) >= 11 is 3.04. The van der Waals surface area contributed by atoms with Gasteiger partial charge in [0.2, 0.25) is 11.7 Å². The summed E-state index contributed by atoms with van der Waals surface area (Å²) in [6, 6.07) is 3.83. The Kier molecular flexibility index (Phi) is 3.32. The topological polar surface area (TPSA) is 64.9 Å². The third kappa shape index (κ3) is 2.57. The Morgan fingerprint density at radius 2 is 2.05 bits per heavy atom. The molecule has 0 unspecified atom stereocenters. The van der Waals surface area contributed by atoms with Crippen molar-refractivity contribution in [2.45, 2.75) is 24.4 Å². The fraction of sp³-hybridized carbons (Fsp3) is 0.385. The van der Waals surface area contributed by atoms with Gasteiger partial charge in [-0.3, -0.25) is 0 Å². The summed E-state index contributed by atoms with van der Waals surface area (Å²) in [5.41, 5.74) is 4.40. The Bertz CT molecular complexity index is 680. The van der Waals surface area contributed by atoms with Crippen LogP contribution in [0, 0.1) is 0 Å². The molecule has 1 aromatic heterocycles. The maximum Gasteiger partial charge on any atom is 0.417 e. The molecule has 0 spiro atoms. The van der Waals surface area contributed by atoms with Crippen LogP contribution in [0.25, 0.3) is 11.4 Å². The van der Waals surface area contributed by atoms with Crippen LogP contribution in [-0.4, -0.2) is 16.7 Å². The summed E-state index contributed by atoms with van der Waals surface area (Å²) in [6.07, 6.45) is -2.86.